The molecule has 2 heterocycles. The Morgan fingerprint density at radius 3 is 2.46 bits per heavy atom. The minimum atomic E-state index is -2.15. The predicted molar refractivity (Wildman–Crippen MR) is 202 cm³/mol. The monoisotopic (exact) mass is 766 g/mol. The first-order chi connectivity index (χ1) is 23.5. The van der Waals surface area contributed by atoms with Gasteiger partial charge in [-0.3, -0.25) is 19.2 Å². The summed E-state index contributed by atoms with van der Waals surface area (Å²) in [5.41, 5.74) is 3.43. The molecule has 10 nitrogen and oxygen atoms in total. The number of nitrogens with one attached hydrogen (secondary N) is 3. The van der Waals surface area contributed by atoms with Crippen molar-refractivity contribution in [3.63, 3.8) is 0 Å². The number of rotatable bonds is 5. The second-order valence-electron chi connectivity index (χ2n) is 14.7. The number of allylic oxidation sites excluding steroid dienone is 1. The van der Waals surface area contributed by atoms with Gasteiger partial charge in [-0.25, -0.2) is 0 Å². The molecular formula is C38H51BrN4O6Si. The Morgan fingerprint density at radius 2 is 1.76 bits per heavy atom. The molecule has 3 N–H and O–H groups in total. The quantitative estimate of drug-likeness (QED) is 0.144. The number of aromatic amines is 1. The zero-order chi connectivity index (χ0) is 36.8. The number of fused-ring (bicyclic) bond motifs is 1. The lowest BCUT2D eigenvalue weighted by molar-refractivity contribution is -0.145. The van der Waals surface area contributed by atoms with Gasteiger partial charge in [0, 0.05) is 37.0 Å². The fourth-order valence-electron chi connectivity index (χ4n) is 5.63. The molecule has 50 heavy (non-hydrogen) atoms. The molecule has 12 heteroatoms. The molecule has 0 unspecified atom stereocenters. The molecule has 0 spiro atoms. The van der Waals surface area contributed by atoms with Crippen LogP contribution < -0.4 is 15.1 Å². The number of nitrogens with zero attached hydrogens (tertiary/aromatic N) is 1. The predicted octanol–water partition coefficient (Wildman–Crippen LogP) is 7.11. The summed E-state index contributed by atoms with van der Waals surface area (Å²) in [5.74, 6) is -0.887. The number of amides is 3. The number of cyclic esters (lactones) is 1. The van der Waals surface area contributed by atoms with Gasteiger partial charge in [0.2, 0.25) is 17.7 Å². The maximum Gasteiger partial charge on any atom is 0.308 e. The normalized spacial score (nSPS) is 22.1. The third kappa shape index (κ3) is 9.87. The summed E-state index contributed by atoms with van der Waals surface area (Å²) in [7, 11) is -0.579. The van der Waals surface area contributed by atoms with Crippen LogP contribution in [-0.2, 0) is 30.3 Å². The zero-order valence-corrected chi connectivity index (χ0v) is 33.0. The molecule has 0 radical (unpaired) electrons. The Morgan fingerprint density at radius 1 is 1.04 bits per heavy atom. The van der Waals surface area contributed by atoms with Crippen LogP contribution in [0.2, 0.25) is 18.1 Å². The van der Waals surface area contributed by atoms with E-state index in [4.69, 9.17) is 9.16 Å². The number of halogens is 1. The van der Waals surface area contributed by atoms with E-state index in [-0.39, 0.29) is 36.8 Å². The topological polar surface area (TPSA) is 130 Å². The van der Waals surface area contributed by atoms with Gasteiger partial charge >= 0.3 is 5.97 Å². The molecule has 2 aromatic carbocycles. The van der Waals surface area contributed by atoms with Crippen LogP contribution in [0.1, 0.15) is 77.5 Å². The smallest absolute Gasteiger partial charge is 0.308 e. The van der Waals surface area contributed by atoms with Crippen molar-refractivity contribution in [2.45, 2.75) is 103 Å². The van der Waals surface area contributed by atoms with Gasteiger partial charge in [0.25, 0.3) is 8.32 Å². The van der Waals surface area contributed by atoms with Crippen LogP contribution in [0.15, 0.2) is 64.8 Å². The van der Waals surface area contributed by atoms with Crippen molar-refractivity contribution in [2.75, 3.05) is 13.7 Å². The fraction of sp³-hybridized carbons (Fsp3) is 0.474. The van der Waals surface area contributed by atoms with Crippen molar-refractivity contribution in [1.82, 2.24) is 20.5 Å². The first-order valence-corrected chi connectivity index (χ1v) is 20.9. The molecule has 0 saturated heterocycles. The summed E-state index contributed by atoms with van der Waals surface area (Å²) in [6.07, 6.45) is 5.08. The molecule has 3 atom stereocenters. The van der Waals surface area contributed by atoms with E-state index < -0.39 is 44.2 Å². The minimum Gasteiger partial charge on any atom is -0.543 e. The Bertz CT molecular complexity index is 1750. The van der Waals surface area contributed by atoms with Gasteiger partial charge in [-0.15, -0.1) is 0 Å². The van der Waals surface area contributed by atoms with E-state index in [1.165, 1.54) is 4.90 Å². The highest BCUT2D eigenvalue weighted by molar-refractivity contribution is 9.10. The molecule has 1 aliphatic rings. The molecule has 0 aliphatic carbocycles. The average Bonchev–Trinajstić information content (AvgIpc) is 3.46. The number of ether oxygens (including phenoxy) is 1. The number of carbonyl (C=O) groups is 4. The molecule has 0 fully saturated rings. The number of likely N-dealkylation sites (N-methyl/N-ethyl adjacent to an activating group) is 1. The summed E-state index contributed by atoms with van der Waals surface area (Å²) < 4.78 is 12.9. The van der Waals surface area contributed by atoms with Crippen LogP contribution in [0.4, 0.5) is 0 Å². The van der Waals surface area contributed by atoms with E-state index in [1.807, 2.05) is 61.7 Å². The Labute approximate surface area is 305 Å². The number of hydrogen-bond acceptors (Lipinski definition) is 6. The second-order valence-corrected chi connectivity index (χ2v) is 20.3. The van der Waals surface area contributed by atoms with Gasteiger partial charge in [-0.2, -0.15) is 0 Å². The van der Waals surface area contributed by atoms with Gasteiger partial charge in [0.05, 0.1) is 23.5 Å². The lowest BCUT2D eigenvalue weighted by Crippen LogP contribution is -2.54. The summed E-state index contributed by atoms with van der Waals surface area (Å²) in [5, 5.41) is 6.81. The highest BCUT2D eigenvalue weighted by Crippen LogP contribution is 2.40. The molecule has 270 valence electrons. The number of H-pyrrole nitrogens is 1. The van der Waals surface area contributed by atoms with Gasteiger partial charge in [-0.05, 0) is 90.1 Å². The Balaban J connectivity index is 1.72. The van der Waals surface area contributed by atoms with E-state index in [9.17, 15) is 19.2 Å². The summed E-state index contributed by atoms with van der Waals surface area (Å²) >= 11 is 3.68. The highest BCUT2D eigenvalue weighted by Gasteiger charge is 2.39. The van der Waals surface area contributed by atoms with E-state index in [2.05, 4.69) is 65.4 Å². The molecule has 3 aromatic rings. The number of carbonyl (C=O) groups excluding carboxylic acids is 4. The van der Waals surface area contributed by atoms with Crippen LogP contribution in [0.25, 0.3) is 10.9 Å². The SMILES string of the molecule is C/C1=C\CCOC(=O)C[C@H](c2ccc(O[Si](C)(C)C(C)(C)C)c(Br)c2)NC(=O)[C@@H](Cc2c[nH]c3ccccc23)N(C)C(=O)[C@H](C)NC(=O)CC1. The number of hydrogen-bond donors (Lipinski definition) is 3. The summed E-state index contributed by atoms with van der Waals surface area (Å²) in [4.78, 5) is 58.8. The summed E-state index contributed by atoms with van der Waals surface area (Å²) in [6.45, 7) is 14.6. The van der Waals surface area contributed by atoms with E-state index in [0.29, 0.717) is 28.6 Å². The number of benzene rings is 2. The Kier molecular flexibility index (Phi) is 12.8. The first kappa shape index (κ1) is 38.9. The van der Waals surface area contributed by atoms with Crippen LogP contribution in [0.5, 0.6) is 5.75 Å². The Hall–Kier alpha value is -3.90. The van der Waals surface area contributed by atoms with Crippen molar-refractivity contribution in [1.29, 1.82) is 0 Å². The van der Waals surface area contributed by atoms with E-state index in [0.717, 1.165) is 22.0 Å². The fourth-order valence-corrected chi connectivity index (χ4v) is 7.29. The lowest BCUT2D eigenvalue weighted by Gasteiger charge is -2.36. The van der Waals surface area contributed by atoms with Crippen molar-refractivity contribution in [3.05, 3.63) is 75.9 Å². The maximum atomic E-state index is 14.4. The molecule has 0 saturated carbocycles. The van der Waals surface area contributed by atoms with Gasteiger partial charge in [-0.1, -0.05) is 56.7 Å². The molecule has 3 amide bonds. The van der Waals surface area contributed by atoms with Crippen LogP contribution >= 0.6 is 15.9 Å². The number of aromatic nitrogens is 1. The standard InChI is InChI=1S/C38H51BrN4O6Si/c1-24-12-11-19-48-35(45)22-31(26-16-17-33(29(39)20-26)49-50(7,8)38(3,4)5)42-36(46)32(21-27-23-40-30-14-10-9-13-28(27)30)43(6)37(47)25(2)41-34(44)18-15-24/h9-10,12-14,16-17,20,23,25,31-32,40H,11,15,18-19,21-22H2,1-8H3,(H,41,44)(H,42,46)/b24-12+/t25-,31+,32+/m0/s1. The molecular weight excluding hydrogens is 716 g/mol. The lowest BCUT2D eigenvalue weighted by atomic mass is 9.99. The van der Waals surface area contributed by atoms with E-state index >= 15 is 0 Å². The third-order valence-electron chi connectivity index (χ3n) is 9.79. The molecule has 4 rings (SSSR count). The number of para-hydroxylation sites is 1. The highest BCUT2D eigenvalue weighted by atomic mass is 79.9. The minimum absolute atomic E-state index is 0.0126. The number of esters is 1. The molecule has 1 aromatic heterocycles. The molecule has 1 aliphatic heterocycles. The van der Waals surface area contributed by atoms with Crippen molar-refractivity contribution < 1.29 is 28.3 Å². The van der Waals surface area contributed by atoms with Crippen molar-refractivity contribution >= 4 is 58.8 Å². The summed E-state index contributed by atoms with van der Waals surface area (Å²) in [6, 6.07) is 10.7. The van der Waals surface area contributed by atoms with Crippen LogP contribution in [-0.4, -0.2) is 67.6 Å². The largest absolute Gasteiger partial charge is 0.543 e. The maximum absolute atomic E-state index is 14.4. The second kappa shape index (κ2) is 16.4. The zero-order valence-electron chi connectivity index (χ0n) is 30.4. The van der Waals surface area contributed by atoms with Crippen molar-refractivity contribution in [2.24, 2.45) is 0 Å². The van der Waals surface area contributed by atoms with E-state index in [1.54, 1.807) is 14.0 Å². The van der Waals surface area contributed by atoms with Gasteiger partial charge in [0.1, 0.15) is 17.8 Å². The van der Waals surface area contributed by atoms with Gasteiger partial charge < -0.3 is 29.7 Å². The van der Waals surface area contributed by atoms with Crippen LogP contribution in [0, 0.1) is 0 Å². The van der Waals surface area contributed by atoms with Crippen LogP contribution in [0.3, 0.4) is 0 Å². The molecule has 0 bridgehead atoms. The first-order valence-electron chi connectivity index (χ1n) is 17.2. The average molecular weight is 768 g/mol. The van der Waals surface area contributed by atoms with Crippen molar-refractivity contribution in [3.8, 4) is 5.75 Å². The third-order valence-corrected chi connectivity index (χ3v) is 14.8. The van der Waals surface area contributed by atoms with Gasteiger partial charge in [0.15, 0.2) is 0 Å².